The van der Waals surface area contributed by atoms with Crippen molar-refractivity contribution in [1.82, 2.24) is 15.5 Å². The number of ether oxygens (including phenoxy) is 1. The number of carbonyl (C=O) groups is 3. The van der Waals surface area contributed by atoms with Gasteiger partial charge in [-0.15, -0.1) is 0 Å². The van der Waals surface area contributed by atoms with Gasteiger partial charge in [-0.05, 0) is 19.3 Å². The number of nitrogens with zero attached hydrogens (tertiary/aromatic N) is 1. The number of aliphatic hydroxyl groups is 1. The van der Waals surface area contributed by atoms with Crippen molar-refractivity contribution in [3.63, 3.8) is 0 Å². The summed E-state index contributed by atoms with van der Waals surface area (Å²) in [6.45, 7) is 2.41. The summed E-state index contributed by atoms with van der Waals surface area (Å²) in [6.07, 6.45) is 2.72. The van der Waals surface area contributed by atoms with Crippen molar-refractivity contribution in [2.45, 2.75) is 50.4 Å². The van der Waals surface area contributed by atoms with Gasteiger partial charge in [-0.1, -0.05) is 13.3 Å². The van der Waals surface area contributed by atoms with Gasteiger partial charge in [0.15, 0.2) is 0 Å². The van der Waals surface area contributed by atoms with Gasteiger partial charge < -0.3 is 25.4 Å². The minimum absolute atomic E-state index is 0.0669. The number of β-amino-alcohol motifs (C(OH)–C–C–N with tert-alkyl or cyclic N) is 1. The van der Waals surface area contributed by atoms with Gasteiger partial charge in [0, 0.05) is 20.1 Å². The molecule has 5 atom stereocenters. The third-order valence-corrected chi connectivity index (χ3v) is 5.77. The van der Waals surface area contributed by atoms with Crippen molar-refractivity contribution >= 4 is 17.7 Å². The molecule has 140 valence electrons. The van der Waals surface area contributed by atoms with Gasteiger partial charge in [-0.3, -0.25) is 14.4 Å². The molecule has 3 amide bonds. The smallest absolute Gasteiger partial charge is 0.245 e. The molecule has 25 heavy (non-hydrogen) atoms. The van der Waals surface area contributed by atoms with Crippen molar-refractivity contribution in [3.05, 3.63) is 0 Å². The summed E-state index contributed by atoms with van der Waals surface area (Å²) in [5.41, 5.74) is -0.954. The number of hydrogen-bond donors (Lipinski definition) is 3. The largest absolute Gasteiger partial charge is 0.395 e. The summed E-state index contributed by atoms with van der Waals surface area (Å²) >= 11 is 0. The van der Waals surface area contributed by atoms with Crippen molar-refractivity contribution in [2.75, 3.05) is 26.7 Å². The molecule has 2 unspecified atom stereocenters. The number of carbonyl (C=O) groups excluding carboxylic acids is 3. The summed E-state index contributed by atoms with van der Waals surface area (Å²) < 4.78 is 6.14. The van der Waals surface area contributed by atoms with Crippen LogP contribution >= 0.6 is 0 Å². The summed E-state index contributed by atoms with van der Waals surface area (Å²) in [6, 6.07) is -0.784. The minimum Gasteiger partial charge on any atom is -0.395 e. The van der Waals surface area contributed by atoms with Crippen molar-refractivity contribution in [2.24, 2.45) is 11.8 Å². The second kappa shape index (κ2) is 6.92. The average molecular weight is 353 g/mol. The van der Waals surface area contributed by atoms with E-state index in [0.29, 0.717) is 19.4 Å². The molecule has 8 nitrogen and oxygen atoms in total. The van der Waals surface area contributed by atoms with Crippen LogP contribution in [0.3, 0.4) is 0 Å². The Hall–Kier alpha value is -1.67. The maximum absolute atomic E-state index is 13.0. The number of likely N-dealkylation sites (tertiary alicyclic amines) is 1. The van der Waals surface area contributed by atoms with Crippen LogP contribution in [0.1, 0.15) is 32.6 Å². The first-order valence-electron chi connectivity index (χ1n) is 9.10. The van der Waals surface area contributed by atoms with Crippen LogP contribution < -0.4 is 10.6 Å². The lowest BCUT2D eigenvalue weighted by molar-refractivity contribution is -0.142. The Balaban J connectivity index is 1.92. The molecule has 0 radical (unpaired) electrons. The van der Waals surface area contributed by atoms with Crippen molar-refractivity contribution < 1.29 is 24.2 Å². The predicted molar refractivity (Wildman–Crippen MR) is 88.4 cm³/mol. The molecular weight excluding hydrogens is 326 g/mol. The summed E-state index contributed by atoms with van der Waals surface area (Å²) in [5.74, 6) is -1.96. The molecule has 2 bridgehead atoms. The van der Waals surface area contributed by atoms with E-state index in [2.05, 4.69) is 10.6 Å². The Morgan fingerprint density at radius 1 is 1.40 bits per heavy atom. The number of hydrogen-bond acceptors (Lipinski definition) is 5. The van der Waals surface area contributed by atoms with Crippen LogP contribution in [0.2, 0.25) is 0 Å². The zero-order valence-electron chi connectivity index (χ0n) is 14.8. The van der Waals surface area contributed by atoms with Crippen LogP contribution in [-0.4, -0.2) is 72.2 Å². The van der Waals surface area contributed by atoms with E-state index in [1.54, 1.807) is 7.05 Å². The monoisotopic (exact) mass is 353 g/mol. The van der Waals surface area contributed by atoms with Crippen LogP contribution in [0.5, 0.6) is 0 Å². The van der Waals surface area contributed by atoms with Crippen molar-refractivity contribution in [1.29, 1.82) is 0 Å². The Labute approximate surface area is 147 Å². The first-order chi connectivity index (χ1) is 12.0. The number of unbranched alkanes of at least 4 members (excludes halogenated alkanes) is 1. The molecular formula is C17H27N3O5. The number of rotatable bonds is 7. The molecule has 8 heteroatoms. The predicted octanol–water partition coefficient (Wildman–Crippen LogP) is -0.984. The Morgan fingerprint density at radius 2 is 2.16 bits per heavy atom. The molecule has 1 spiro atoms. The quantitative estimate of drug-likeness (QED) is 0.510. The van der Waals surface area contributed by atoms with E-state index in [-0.39, 0.29) is 37.0 Å². The first kappa shape index (κ1) is 18.1. The third-order valence-electron chi connectivity index (χ3n) is 5.77. The molecule has 3 heterocycles. The van der Waals surface area contributed by atoms with Gasteiger partial charge in [-0.2, -0.15) is 0 Å². The van der Waals surface area contributed by atoms with E-state index < -0.39 is 23.5 Å². The zero-order chi connectivity index (χ0) is 18.2. The fourth-order valence-corrected chi connectivity index (χ4v) is 4.75. The Bertz CT molecular complexity index is 568. The standard InChI is InChI=1S/C17H27N3O5/c1-3-4-7-19-15(23)13-17-6-5-10(25-17)11(14(22)18-2)12(17)16(24)20(13)8-9-21/h10-13,21H,3-9H2,1-2H3,(H,18,22)(H,19,23)/t10-,11+,12-,13?,17?/m0/s1. The molecule has 3 N–H and O–H groups in total. The molecule has 3 fully saturated rings. The molecule has 3 aliphatic heterocycles. The van der Waals surface area contributed by atoms with Gasteiger partial charge in [-0.25, -0.2) is 0 Å². The second-order valence-electron chi connectivity index (χ2n) is 7.07. The topological polar surface area (TPSA) is 108 Å². The second-order valence-corrected chi connectivity index (χ2v) is 7.07. The number of amides is 3. The Morgan fingerprint density at radius 3 is 2.80 bits per heavy atom. The highest BCUT2D eigenvalue weighted by Crippen LogP contribution is 2.58. The van der Waals surface area contributed by atoms with Crippen LogP contribution in [0.25, 0.3) is 0 Å². The first-order valence-corrected chi connectivity index (χ1v) is 9.10. The summed E-state index contributed by atoms with van der Waals surface area (Å²) in [7, 11) is 1.54. The molecule has 3 rings (SSSR count). The van der Waals surface area contributed by atoms with Crippen molar-refractivity contribution in [3.8, 4) is 0 Å². The van der Waals surface area contributed by atoms with Crippen LogP contribution in [0.15, 0.2) is 0 Å². The SMILES string of the molecule is CCCCNC(=O)C1N(CCO)C(=O)[C@@H]2[C@H](C(=O)NC)[C@@H]3CCC12O3. The van der Waals surface area contributed by atoms with E-state index in [0.717, 1.165) is 12.8 Å². The van der Waals surface area contributed by atoms with Gasteiger partial charge in [0.1, 0.15) is 11.6 Å². The molecule has 3 saturated heterocycles. The van der Waals surface area contributed by atoms with Gasteiger partial charge in [0.2, 0.25) is 17.7 Å². The van der Waals surface area contributed by atoms with Crippen LogP contribution in [-0.2, 0) is 19.1 Å². The zero-order valence-corrected chi connectivity index (χ0v) is 14.8. The number of nitrogens with one attached hydrogen (secondary N) is 2. The number of aliphatic hydroxyl groups excluding tert-OH is 1. The van der Waals surface area contributed by atoms with E-state index in [1.165, 1.54) is 4.90 Å². The van der Waals surface area contributed by atoms with Crippen LogP contribution in [0, 0.1) is 11.8 Å². The molecule has 0 aliphatic carbocycles. The van der Waals surface area contributed by atoms with Gasteiger partial charge in [0.25, 0.3) is 0 Å². The highest BCUT2D eigenvalue weighted by Gasteiger charge is 2.74. The molecule has 0 saturated carbocycles. The molecule has 3 aliphatic rings. The Kier molecular flexibility index (Phi) is 5.02. The summed E-state index contributed by atoms with van der Waals surface area (Å²) in [5, 5.41) is 14.9. The lowest BCUT2D eigenvalue weighted by atomic mass is 9.70. The van der Waals surface area contributed by atoms with Crippen LogP contribution in [0.4, 0.5) is 0 Å². The lowest BCUT2D eigenvalue weighted by Gasteiger charge is -2.33. The highest BCUT2D eigenvalue weighted by molar-refractivity contribution is 5.98. The summed E-state index contributed by atoms with van der Waals surface area (Å²) in [4.78, 5) is 39.6. The van der Waals surface area contributed by atoms with E-state index in [4.69, 9.17) is 4.74 Å². The average Bonchev–Trinajstić information content (AvgIpc) is 3.23. The maximum Gasteiger partial charge on any atom is 0.245 e. The van der Waals surface area contributed by atoms with Gasteiger partial charge in [0.05, 0.1) is 24.5 Å². The third kappa shape index (κ3) is 2.62. The lowest BCUT2D eigenvalue weighted by Crippen LogP contribution is -2.55. The fourth-order valence-electron chi connectivity index (χ4n) is 4.75. The minimum atomic E-state index is -0.954. The maximum atomic E-state index is 13.0. The van der Waals surface area contributed by atoms with E-state index >= 15 is 0 Å². The molecule has 0 aromatic carbocycles. The number of fused-ring (bicyclic) bond motifs is 1. The normalized spacial score (nSPS) is 35.8. The molecule has 0 aromatic rings. The van der Waals surface area contributed by atoms with E-state index in [1.807, 2.05) is 6.92 Å². The molecule has 0 aromatic heterocycles. The van der Waals surface area contributed by atoms with Gasteiger partial charge >= 0.3 is 0 Å². The fraction of sp³-hybridized carbons (Fsp3) is 0.824. The van der Waals surface area contributed by atoms with E-state index in [9.17, 15) is 19.5 Å². The highest BCUT2D eigenvalue weighted by atomic mass is 16.5.